The van der Waals surface area contributed by atoms with Gasteiger partial charge in [-0.1, -0.05) is 115 Å². The highest BCUT2D eigenvalue weighted by molar-refractivity contribution is 5.88. The summed E-state index contributed by atoms with van der Waals surface area (Å²) in [5.74, 6) is 1.94. The molecule has 0 unspecified atom stereocenters. The second kappa shape index (κ2) is 10.0. The molecule has 0 fully saturated rings. The number of aromatic nitrogens is 4. The van der Waals surface area contributed by atoms with Crippen LogP contribution in [0.2, 0.25) is 0 Å². The van der Waals surface area contributed by atoms with Crippen LogP contribution in [0.5, 0.6) is 0 Å². The molecule has 4 nitrogen and oxygen atoms in total. The minimum atomic E-state index is 0.638. The van der Waals surface area contributed by atoms with E-state index >= 15 is 0 Å². The standard InChI is InChI=1S/C38H24N4/c1-3-9-29-21-32(19-15-25(29)7-1)37-40-36(41-38(42-37)33-20-16-26-8-2-4-10-30(26)22-33)28-17-13-27(14-18-28)34-23-31-11-5-6-12-35(31)39-24-34/h1-24H. The first kappa shape index (κ1) is 24.1. The fourth-order valence-electron chi connectivity index (χ4n) is 5.46. The van der Waals surface area contributed by atoms with Gasteiger partial charge in [0.2, 0.25) is 0 Å². The predicted octanol–water partition coefficient (Wildman–Crippen LogP) is 9.39. The van der Waals surface area contributed by atoms with E-state index in [2.05, 4.69) is 126 Å². The van der Waals surface area contributed by atoms with Crippen molar-refractivity contribution in [1.29, 1.82) is 0 Å². The highest BCUT2D eigenvalue weighted by Crippen LogP contribution is 2.30. The minimum absolute atomic E-state index is 0.638. The lowest BCUT2D eigenvalue weighted by molar-refractivity contribution is 1.08. The van der Waals surface area contributed by atoms with E-state index in [1.165, 1.54) is 10.8 Å². The van der Waals surface area contributed by atoms with Crippen molar-refractivity contribution in [3.05, 3.63) is 146 Å². The number of benzene rings is 6. The number of nitrogens with zero attached hydrogens (tertiary/aromatic N) is 4. The minimum Gasteiger partial charge on any atom is -0.256 e. The zero-order valence-electron chi connectivity index (χ0n) is 22.6. The molecule has 0 saturated carbocycles. The summed E-state index contributed by atoms with van der Waals surface area (Å²) in [4.78, 5) is 19.6. The molecule has 6 aromatic carbocycles. The molecule has 0 atom stereocenters. The maximum absolute atomic E-state index is 4.98. The van der Waals surface area contributed by atoms with Gasteiger partial charge in [0.05, 0.1) is 5.52 Å². The van der Waals surface area contributed by atoms with Crippen LogP contribution in [-0.4, -0.2) is 19.9 Å². The van der Waals surface area contributed by atoms with E-state index in [-0.39, 0.29) is 0 Å². The SMILES string of the molecule is c1ccc2cc(-c3nc(-c4ccc(-c5cnc6ccccc6c5)cc4)nc(-c4ccc5ccccc5c4)n3)ccc2c1. The highest BCUT2D eigenvalue weighted by atomic mass is 15.0. The van der Waals surface area contributed by atoms with Gasteiger partial charge in [0.1, 0.15) is 0 Å². The Bertz CT molecular complexity index is 2160. The molecule has 2 aromatic heterocycles. The molecule has 0 saturated heterocycles. The van der Waals surface area contributed by atoms with Gasteiger partial charge in [0.15, 0.2) is 17.5 Å². The quantitative estimate of drug-likeness (QED) is 0.225. The van der Waals surface area contributed by atoms with Crippen molar-refractivity contribution < 1.29 is 0 Å². The topological polar surface area (TPSA) is 51.6 Å². The first-order valence-corrected chi connectivity index (χ1v) is 14.0. The largest absolute Gasteiger partial charge is 0.256 e. The molecule has 4 heteroatoms. The summed E-state index contributed by atoms with van der Waals surface area (Å²) in [5.41, 5.74) is 6.00. The summed E-state index contributed by atoms with van der Waals surface area (Å²) in [6, 6.07) is 48.1. The Morgan fingerprint density at radius 2 is 0.738 bits per heavy atom. The van der Waals surface area contributed by atoms with Crippen LogP contribution in [0, 0.1) is 0 Å². The molecule has 8 rings (SSSR count). The summed E-state index contributed by atoms with van der Waals surface area (Å²) >= 11 is 0. The molecule has 42 heavy (non-hydrogen) atoms. The molecule has 0 radical (unpaired) electrons. The van der Waals surface area contributed by atoms with Gasteiger partial charge >= 0.3 is 0 Å². The van der Waals surface area contributed by atoms with Crippen LogP contribution >= 0.6 is 0 Å². The van der Waals surface area contributed by atoms with Crippen LogP contribution in [0.1, 0.15) is 0 Å². The molecule has 0 bridgehead atoms. The Balaban J connectivity index is 1.25. The summed E-state index contributed by atoms with van der Waals surface area (Å²) in [5, 5.41) is 5.79. The van der Waals surface area contributed by atoms with Crippen LogP contribution in [0.25, 0.3) is 77.7 Å². The average Bonchev–Trinajstić information content (AvgIpc) is 3.07. The van der Waals surface area contributed by atoms with Crippen molar-refractivity contribution in [2.24, 2.45) is 0 Å². The summed E-state index contributed by atoms with van der Waals surface area (Å²) in [7, 11) is 0. The van der Waals surface area contributed by atoms with Crippen LogP contribution in [0.4, 0.5) is 0 Å². The van der Waals surface area contributed by atoms with Crippen molar-refractivity contribution in [2.75, 3.05) is 0 Å². The molecular formula is C38H24N4. The van der Waals surface area contributed by atoms with Crippen LogP contribution < -0.4 is 0 Å². The first-order chi connectivity index (χ1) is 20.8. The molecule has 0 spiro atoms. The third-order valence-electron chi connectivity index (χ3n) is 7.72. The van der Waals surface area contributed by atoms with Gasteiger partial charge < -0.3 is 0 Å². The maximum Gasteiger partial charge on any atom is 0.164 e. The van der Waals surface area contributed by atoms with Gasteiger partial charge in [0, 0.05) is 33.8 Å². The number of fused-ring (bicyclic) bond motifs is 3. The van der Waals surface area contributed by atoms with E-state index in [1.54, 1.807) is 0 Å². The van der Waals surface area contributed by atoms with Gasteiger partial charge in [-0.2, -0.15) is 0 Å². The van der Waals surface area contributed by atoms with Gasteiger partial charge in [-0.15, -0.1) is 0 Å². The monoisotopic (exact) mass is 536 g/mol. The molecular weight excluding hydrogens is 512 g/mol. The van der Waals surface area contributed by atoms with E-state index in [4.69, 9.17) is 15.0 Å². The first-order valence-electron chi connectivity index (χ1n) is 14.0. The molecule has 196 valence electrons. The van der Waals surface area contributed by atoms with E-state index in [9.17, 15) is 0 Å². The smallest absolute Gasteiger partial charge is 0.164 e. The van der Waals surface area contributed by atoms with Crippen molar-refractivity contribution in [3.63, 3.8) is 0 Å². The normalized spacial score (nSPS) is 11.3. The predicted molar refractivity (Wildman–Crippen MR) is 172 cm³/mol. The second-order valence-electron chi connectivity index (χ2n) is 10.4. The molecule has 8 aromatic rings. The molecule has 0 aliphatic carbocycles. The molecule has 0 amide bonds. The van der Waals surface area contributed by atoms with Gasteiger partial charge in [-0.3, -0.25) is 4.98 Å². The Kier molecular flexibility index (Phi) is 5.75. The van der Waals surface area contributed by atoms with Gasteiger partial charge in [0.25, 0.3) is 0 Å². The fraction of sp³-hybridized carbons (Fsp3) is 0. The van der Waals surface area contributed by atoms with E-state index in [1.807, 2.05) is 24.4 Å². The number of para-hydroxylation sites is 1. The zero-order chi connectivity index (χ0) is 27.9. The van der Waals surface area contributed by atoms with Crippen LogP contribution in [-0.2, 0) is 0 Å². The number of pyridine rings is 1. The number of hydrogen-bond acceptors (Lipinski definition) is 4. The summed E-state index contributed by atoms with van der Waals surface area (Å²) < 4.78 is 0. The molecule has 0 aliphatic heterocycles. The van der Waals surface area contributed by atoms with Crippen molar-refractivity contribution in [3.8, 4) is 45.3 Å². The Morgan fingerprint density at radius 1 is 0.310 bits per heavy atom. The lowest BCUT2D eigenvalue weighted by Crippen LogP contribution is -2.00. The fourth-order valence-corrected chi connectivity index (χ4v) is 5.46. The van der Waals surface area contributed by atoms with E-state index < -0.39 is 0 Å². The van der Waals surface area contributed by atoms with Crippen molar-refractivity contribution in [1.82, 2.24) is 19.9 Å². The third-order valence-corrected chi connectivity index (χ3v) is 7.72. The van der Waals surface area contributed by atoms with Crippen molar-refractivity contribution >= 4 is 32.4 Å². The second-order valence-corrected chi connectivity index (χ2v) is 10.4. The summed E-state index contributed by atoms with van der Waals surface area (Å²) in [6.07, 6.45) is 1.93. The Labute approximate surface area is 243 Å². The molecule has 0 aliphatic rings. The Hall–Kier alpha value is -5.74. The highest BCUT2D eigenvalue weighted by Gasteiger charge is 2.14. The van der Waals surface area contributed by atoms with Gasteiger partial charge in [-0.05, 0) is 51.4 Å². The Morgan fingerprint density at radius 3 is 1.33 bits per heavy atom. The third kappa shape index (κ3) is 4.45. The van der Waals surface area contributed by atoms with Gasteiger partial charge in [-0.25, -0.2) is 15.0 Å². The molecule has 0 N–H and O–H groups in total. The molecule has 2 heterocycles. The van der Waals surface area contributed by atoms with Crippen LogP contribution in [0.15, 0.2) is 146 Å². The van der Waals surface area contributed by atoms with E-state index in [0.717, 1.165) is 49.5 Å². The number of rotatable bonds is 4. The lowest BCUT2D eigenvalue weighted by atomic mass is 10.0. The van der Waals surface area contributed by atoms with Crippen molar-refractivity contribution in [2.45, 2.75) is 0 Å². The van der Waals surface area contributed by atoms with Crippen LogP contribution in [0.3, 0.4) is 0 Å². The summed E-state index contributed by atoms with van der Waals surface area (Å²) in [6.45, 7) is 0. The maximum atomic E-state index is 4.98. The number of hydrogen-bond donors (Lipinski definition) is 0. The zero-order valence-corrected chi connectivity index (χ0v) is 22.6. The lowest BCUT2D eigenvalue weighted by Gasteiger charge is -2.10. The average molecular weight is 537 g/mol. The van der Waals surface area contributed by atoms with E-state index in [0.29, 0.717) is 17.5 Å².